The molecule has 0 spiro atoms. The summed E-state index contributed by atoms with van der Waals surface area (Å²) in [6, 6.07) is 8.98. The van der Waals surface area contributed by atoms with Crippen molar-refractivity contribution < 1.29 is 19.1 Å². The molecule has 182 valence electrons. The first-order valence-corrected chi connectivity index (χ1v) is 12.8. The van der Waals surface area contributed by atoms with Crippen molar-refractivity contribution in [2.24, 2.45) is 5.92 Å². The van der Waals surface area contributed by atoms with Gasteiger partial charge < -0.3 is 15.0 Å². The van der Waals surface area contributed by atoms with Gasteiger partial charge in [0.25, 0.3) is 11.8 Å². The van der Waals surface area contributed by atoms with E-state index in [0.717, 1.165) is 10.6 Å². The third-order valence-corrected chi connectivity index (χ3v) is 8.07. The predicted molar refractivity (Wildman–Crippen MR) is 130 cm³/mol. The van der Waals surface area contributed by atoms with Gasteiger partial charge in [-0.2, -0.15) is 0 Å². The molecule has 2 aliphatic heterocycles. The number of aromatic nitrogens is 1. The van der Waals surface area contributed by atoms with E-state index in [4.69, 9.17) is 4.74 Å². The van der Waals surface area contributed by atoms with Crippen molar-refractivity contribution in [3.63, 3.8) is 0 Å². The number of amides is 4. The first-order chi connectivity index (χ1) is 16.4. The molecule has 9 heteroatoms. The van der Waals surface area contributed by atoms with Gasteiger partial charge in [-0.3, -0.25) is 14.5 Å². The van der Waals surface area contributed by atoms with E-state index in [2.05, 4.69) is 10.3 Å². The number of nitrogens with one attached hydrogen (secondary N) is 1. The van der Waals surface area contributed by atoms with Crippen LogP contribution in [0, 0.1) is 12.8 Å². The summed E-state index contributed by atoms with van der Waals surface area (Å²) in [4.78, 5) is 47.7. The van der Waals surface area contributed by atoms with Crippen LogP contribution in [0.3, 0.4) is 0 Å². The van der Waals surface area contributed by atoms with Gasteiger partial charge in [0.15, 0.2) is 6.10 Å². The van der Waals surface area contributed by atoms with Crippen LogP contribution in [-0.2, 0) is 16.0 Å². The summed E-state index contributed by atoms with van der Waals surface area (Å²) in [5.74, 6) is 0.443. The maximum atomic E-state index is 13.5. The molecule has 2 aliphatic rings. The number of aryl methyl sites for hydroxylation is 1. The van der Waals surface area contributed by atoms with E-state index in [1.54, 1.807) is 28.7 Å². The molecule has 2 saturated heterocycles. The molecule has 1 aromatic heterocycles. The van der Waals surface area contributed by atoms with Crippen LogP contribution < -0.4 is 10.1 Å². The lowest BCUT2D eigenvalue weighted by Gasteiger charge is -2.41. The molecule has 1 aromatic carbocycles. The first-order valence-electron chi connectivity index (χ1n) is 11.9. The number of benzene rings is 1. The Balaban J connectivity index is 1.36. The van der Waals surface area contributed by atoms with Gasteiger partial charge in [-0.1, -0.05) is 25.1 Å². The minimum atomic E-state index is -0.902. The van der Waals surface area contributed by atoms with Crippen molar-refractivity contribution in [2.45, 2.75) is 58.1 Å². The summed E-state index contributed by atoms with van der Waals surface area (Å²) in [6.07, 6.45) is 1.87. The van der Waals surface area contributed by atoms with E-state index in [1.807, 2.05) is 44.2 Å². The number of likely N-dealkylation sites (tertiary alicyclic amines) is 1. The van der Waals surface area contributed by atoms with Crippen molar-refractivity contribution in [1.82, 2.24) is 20.1 Å². The van der Waals surface area contributed by atoms with Crippen LogP contribution in [0.15, 0.2) is 35.8 Å². The lowest BCUT2D eigenvalue weighted by atomic mass is 9.75. The van der Waals surface area contributed by atoms with E-state index < -0.39 is 11.6 Å². The molecule has 0 bridgehead atoms. The number of rotatable bonds is 8. The lowest BCUT2D eigenvalue weighted by molar-refractivity contribution is -0.140. The summed E-state index contributed by atoms with van der Waals surface area (Å²) < 4.78 is 5.80. The van der Waals surface area contributed by atoms with Crippen LogP contribution in [0.2, 0.25) is 0 Å². The van der Waals surface area contributed by atoms with Crippen LogP contribution in [0.1, 0.15) is 43.7 Å². The van der Waals surface area contributed by atoms with Gasteiger partial charge in [0, 0.05) is 30.9 Å². The smallest absolute Gasteiger partial charge is 0.325 e. The summed E-state index contributed by atoms with van der Waals surface area (Å²) in [6.45, 7) is 7.07. The highest BCUT2D eigenvalue weighted by Gasteiger charge is 2.54. The first kappa shape index (κ1) is 24.2. The molecule has 2 aromatic rings. The number of ether oxygens (including phenoxy) is 1. The molecule has 0 aliphatic carbocycles. The number of piperidine rings is 1. The topological polar surface area (TPSA) is 91.8 Å². The van der Waals surface area contributed by atoms with Crippen LogP contribution in [0.5, 0.6) is 5.75 Å². The van der Waals surface area contributed by atoms with Crippen LogP contribution in [-0.4, -0.2) is 63.9 Å². The van der Waals surface area contributed by atoms with Gasteiger partial charge in [0.05, 0.1) is 11.2 Å². The maximum Gasteiger partial charge on any atom is 0.325 e. The van der Waals surface area contributed by atoms with E-state index in [0.29, 0.717) is 51.1 Å². The second-order valence-electron chi connectivity index (χ2n) is 9.00. The molecule has 34 heavy (non-hydrogen) atoms. The standard InChI is InChI=1S/C25H32N4O4S/c1-4-25(23(31)29(24(32)27-25)15-12-21-17(2)26-16-34-21)19-10-13-28(14-11-19)22(30)18(3)33-20-8-6-5-7-9-20/h5-9,16,18-19H,4,10-15H2,1-3H3,(H,27,32)/t18-,25-/m0/s1. The van der Waals surface area contributed by atoms with Gasteiger partial charge >= 0.3 is 6.03 Å². The Kier molecular flexibility index (Phi) is 7.21. The summed E-state index contributed by atoms with van der Waals surface area (Å²) in [5, 5.41) is 3.03. The van der Waals surface area contributed by atoms with E-state index >= 15 is 0 Å². The largest absolute Gasteiger partial charge is 0.481 e. The monoisotopic (exact) mass is 484 g/mol. The minimum absolute atomic E-state index is 0.0153. The van der Waals surface area contributed by atoms with Crippen LogP contribution in [0.25, 0.3) is 0 Å². The number of hydrogen-bond acceptors (Lipinski definition) is 6. The number of hydrogen-bond donors (Lipinski definition) is 1. The zero-order valence-electron chi connectivity index (χ0n) is 20.0. The Bertz CT molecular complexity index is 1030. The number of nitrogens with zero attached hydrogens (tertiary/aromatic N) is 3. The Morgan fingerprint density at radius 2 is 1.97 bits per heavy atom. The Hall–Kier alpha value is -2.94. The van der Waals surface area contributed by atoms with Crippen LogP contribution >= 0.6 is 11.3 Å². The normalized spacial score (nSPS) is 22.1. The van der Waals surface area contributed by atoms with Crippen molar-refractivity contribution in [3.8, 4) is 5.75 Å². The fourth-order valence-corrected chi connectivity index (χ4v) is 5.81. The highest BCUT2D eigenvalue weighted by Crippen LogP contribution is 2.36. The molecule has 8 nitrogen and oxygen atoms in total. The van der Waals surface area contributed by atoms with Gasteiger partial charge in [0.2, 0.25) is 0 Å². The van der Waals surface area contributed by atoms with Crippen molar-refractivity contribution >= 4 is 29.2 Å². The number of carbonyl (C=O) groups excluding carboxylic acids is 3. The zero-order valence-corrected chi connectivity index (χ0v) is 20.8. The van der Waals surface area contributed by atoms with Crippen molar-refractivity contribution in [1.29, 1.82) is 0 Å². The van der Waals surface area contributed by atoms with Crippen LogP contribution in [0.4, 0.5) is 4.79 Å². The van der Waals surface area contributed by atoms with Crippen molar-refractivity contribution in [2.75, 3.05) is 19.6 Å². The molecule has 1 N–H and O–H groups in total. The number of para-hydroxylation sites is 1. The summed E-state index contributed by atoms with van der Waals surface area (Å²) in [7, 11) is 0. The molecular formula is C25H32N4O4S. The van der Waals surface area contributed by atoms with E-state index in [1.165, 1.54) is 4.90 Å². The third-order valence-electron chi connectivity index (χ3n) is 7.07. The fraction of sp³-hybridized carbons (Fsp3) is 0.520. The SMILES string of the molecule is CC[C@@]1(C2CCN(C(=O)[C@H](C)Oc3ccccc3)CC2)NC(=O)N(CCc2scnc2C)C1=O. The van der Waals surface area contributed by atoms with Crippen molar-refractivity contribution in [3.05, 3.63) is 46.4 Å². The number of carbonyl (C=O) groups is 3. The molecule has 3 heterocycles. The fourth-order valence-electron chi connectivity index (χ4n) is 5.04. The van der Waals surface area contributed by atoms with Gasteiger partial charge in [-0.25, -0.2) is 9.78 Å². The zero-order chi connectivity index (χ0) is 24.3. The molecule has 2 atom stereocenters. The minimum Gasteiger partial charge on any atom is -0.481 e. The molecular weight excluding hydrogens is 452 g/mol. The van der Waals surface area contributed by atoms with Gasteiger partial charge in [0.1, 0.15) is 11.3 Å². The quantitative estimate of drug-likeness (QED) is 0.580. The Morgan fingerprint density at radius 1 is 1.26 bits per heavy atom. The average Bonchev–Trinajstić information content (AvgIpc) is 3.37. The highest BCUT2D eigenvalue weighted by atomic mass is 32.1. The lowest BCUT2D eigenvalue weighted by Crippen LogP contribution is -2.57. The Labute approximate surface area is 204 Å². The third kappa shape index (κ3) is 4.66. The average molecular weight is 485 g/mol. The number of imide groups is 1. The molecule has 0 radical (unpaired) electrons. The predicted octanol–water partition coefficient (Wildman–Crippen LogP) is 3.40. The number of urea groups is 1. The van der Waals surface area contributed by atoms with E-state index in [-0.39, 0.29) is 23.8 Å². The summed E-state index contributed by atoms with van der Waals surface area (Å²) in [5.41, 5.74) is 1.83. The van der Waals surface area contributed by atoms with Gasteiger partial charge in [-0.15, -0.1) is 11.3 Å². The second-order valence-corrected chi connectivity index (χ2v) is 9.93. The van der Waals surface area contributed by atoms with E-state index in [9.17, 15) is 14.4 Å². The number of thiazole rings is 1. The molecule has 4 amide bonds. The maximum absolute atomic E-state index is 13.5. The molecule has 2 fully saturated rings. The Morgan fingerprint density at radius 3 is 2.59 bits per heavy atom. The van der Waals surface area contributed by atoms with Gasteiger partial charge in [-0.05, 0) is 51.2 Å². The summed E-state index contributed by atoms with van der Waals surface area (Å²) >= 11 is 1.55. The second kappa shape index (κ2) is 10.1. The highest BCUT2D eigenvalue weighted by molar-refractivity contribution is 7.09. The molecule has 0 unspecified atom stereocenters. The molecule has 4 rings (SSSR count). The molecule has 0 saturated carbocycles.